The van der Waals surface area contributed by atoms with E-state index in [1.54, 1.807) is 0 Å². The predicted molar refractivity (Wildman–Crippen MR) is 281 cm³/mol. The number of hydrogen-bond donors (Lipinski definition) is 0. The van der Waals surface area contributed by atoms with Crippen LogP contribution >= 0.6 is 0 Å². The second-order valence-electron chi connectivity index (χ2n) is 20.7. The molecule has 2 aliphatic heterocycles. The van der Waals surface area contributed by atoms with E-state index in [0.717, 1.165) is 72.5 Å². The van der Waals surface area contributed by atoms with Crippen LogP contribution in [0.4, 0.5) is 34.1 Å². The van der Waals surface area contributed by atoms with Gasteiger partial charge in [0.05, 0.1) is 33.4 Å². The number of benzene rings is 7. The Labute approximate surface area is 397 Å². The maximum atomic E-state index is 6.46. The lowest BCUT2D eigenvalue weighted by Gasteiger charge is -2.32. The number of aryl methyl sites for hydroxylation is 4. The van der Waals surface area contributed by atoms with Gasteiger partial charge in [-0.25, -0.2) is 0 Å². The van der Waals surface area contributed by atoms with Crippen LogP contribution in [0.25, 0.3) is 27.5 Å². The van der Waals surface area contributed by atoms with Crippen molar-refractivity contribution in [2.45, 2.75) is 105 Å². The molecule has 0 atom stereocenters. The monoisotopic (exact) mass is 885 g/mol. The van der Waals surface area contributed by atoms with Crippen LogP contribution < -0.4 is 20.7 Å². The molecular weight excluding hydrogens is 824 g/mol. The summed E-state index contributed by atoms with van der Waals surface area (Å²) in [4.78, 5) is 4.75. The van der Waals surface area contributed by atoms with E-state index in [1.807, 2.05) is 0 Å². The molecule has 8 aromatic rings. The van der Waals surface area contributed by atoms with Crippen molar-refractivity contribution in [3.63, 3.8) is 0 Å². The van der Waals surface area contributed by atoms with Gasteiger partial charge in [0, 0.05) is 50.6 Å². The van der Waals surface area contributed by atoms with Gasteiger partial charge in [-0.2, -0.15) is 0 Å². The van der Waals surface area contributed by atoms with E-state index in [2.05, 4.69) is 249 Å². The van der Waals surface area contributed by atoms with E-state index in [4.69, 9.17) is 18.6 Å². The maximum Gasteiger partial charge on any atom is 0.494 e. The van der Waals surface area contributed by atoms with E-state index in [0.29, 0.717) is 0 Å². The zero-order valence-corrected chi connectivity index (χ0v) is 41.1. The third kappa shape index (κ3) is 7.86. The van der Waals surface area contributed by atoms with Crippen molar-refractivity contribution in [3.05, 3.63) is 174 Å². The van der Waals surface area contributed by atoms with Gasteiger partial charge in [0.2, 0.25) is 0 Å². The lowest BCUT2D eigenvalue weighted by atomic mass is 9.79. The molecule has 0 aliphatic carbocycles. The summed E-state index contributed by atoms with van der Waals surface area (Å²) in [6.07, 6.45) is 0. The number of para-hydroxylation sites is 1. The van der Waals surface area contributed by atoms with E-state index in [-0.39, 0.29) is 0 Å². The molecule has 0 unspecified atom stereocenters. The highest BCUT2D eigenvalue weighted by atomic mass is 16.7. The van der Waals surface area contributed by atoms with Crippen LogP contribution in [0.3, 0.4) is 0 Å². The van der Waals surface area contributed by atoms with Crippen LogP contribution in [0, 0.1) is 27.7 Å². The lowest BCUT2D eigenvalue weighted by molar-refractivity contribution is 0.00578. The molecule has 2 fully saturated rings. The Bertz CT molecular complexity index is 2930. The maximum absolute atomic E-state index is 6.46. The first-order valence-corrected chi connectivity index (χ1v) is 23.6. The second kappa shape index (κ2) is 16.3. The molecule has 67 heavy (non-hydrogen) atoms. The van der Waals surface area contributed by atoms with Crippen molar-refractivity contribution in [3.8, 4) is 5.69 Å². The highest BCUT2D eigenvalue weighted by molar-refractivity contribution is 6.62. The van der Waals surface area contributed by atoms with Gasteiger partial charge in [-0.15, -0.1) is 0 Å². The van der Waals surface area contributed by atoms with Gasteiger partial charge < -0.3 is 33.0 Å². The molecule has 2 aliphatic rings. The van der Waals surface area contributed by atoms with Crippen molar-refractivity contribution in [1.29, 1.82) is 0 Å². The van der Waals surface area contributed by atoms with Crippen molar-refractivity contribution in [1.82, 2.24) is 4.57 Å². The number of nitrogens with zero attached hydrogens (tertiary/aromatic N) is 3. The van der Waals surface area contributed by atoms with E-state index in [1.165, 1.54) is 22.3 Å². The zero-order valence-electron chi connectivity index (χ0n) is 41.1. The second-order valence-corrected chi connectivity index (χ2v) is 20.7. The quantitative estimate of drug-likeness (QED) is 0.135. The summed E-state index contributed by atoms with van der Waals surface area (Å²) in [6.45, 7) is 25.5. The molecule has 0 bridgehead atoms. The van der Waals surface area contributed by atoms with E-state index >= 15 is 0 Å². The number of rotatable bonds is 9. The van der Waals surface area contributed by atoms with Crippen molar-refractivity contribution >= 4 is 81.1 Å². The Hall–Kier alpha value is -6.09. The fourth-order valence-corrected chi connectivity index (χ4v) is 9.62. The zero-order chi connectivity index (χ0) is 47.2. The summed E-state index contributed by atoms with van der Waals surface area (Å²) >= 11 is 0. The Balaban J connectivity index is 1.13. The summed E-state index contributed by atoms with van der Waals surface area (Å²) in [5.74, 6) is 0. The molecule has 7 nitrogen and oxygen atoms in total. The van der Waals surface area contributed by atoms with Gasteiger partial charge in [0.1, 0.15) is 0 Å². The molecule has 9 heteroatoms. The van der Waals surface area contributed by atoms with Gasteiger partial charge in [-0.3, -0.25) is 0 Å². The largest absolute Gasteiger partial charge is 0.494 e. The molecule has 1 aromatic heterocycles. The lowest BCUT2D eigenvalue weighted by Crippen LogP contribution is -2.41. The highest BCUT2D eigenvalue weighted by Gasteiger charge is 2.52. The van der Waals surface area contributed by atoms with Crippen LogP contribution in [-0.2, 0) is 18.6 Å². The molecule has 0 amide bonds. The minimum atomic E-state index is -0.445. The predicted octanol–water partition coefficient (Wildman–Crippen LogP) is 13.6. The topological polar surface area (TPSA) is 48.3 Å². The highest BCUT2D eigenvalue weighted by Crippen LogP contribution is 2.45. The molecule has 0 N–H and O–H groups in total. The fraction of sp³-hybridized carbons (Fsp3) is 0.276. The number of anilines is 6. The number of aromatic nitrogens is 1. The third-order valence-corrected chi connectivity index (χ3v) is 14.8. The van der Waals surface area contributed by atoms with Gasteiger partial charge in [0.25, 0.3) is 0 Å². The first kappa shape index (κ1) is 44.7. The van der Waals surface area contributed by atoms with Crippen molar-refractivity contribution < 1.29 is 18.6 Å². The Morgan fingerprint density at radius 3 is 1.10 bits per heavy atom. The standard InChI is InChI=1S/C58H61B2N3O4/c1-38-18-30-51(40(3)34-38)61(45-24-20-42(21-25-45)59-64-55(5,6)56(7,8)65-59)47-28-32-53-49(36-47)50-37-48(29-33-54(50)63(53)44-16-14-13-15-17-44)62(52-31-19-39(2)35-41(52)4)46-26-22-43(23-27-46)60-66-57(9,10)58(11,12)67-60/h13-37H,1-12H3. The van der Waals surface area contributed by atoms with Crippen LogP contribution in [0.1, 0.15) is 77.6 Å². The fourth-order valence-electron chi connectivity index (χ4n) is 9.62. The van der Waals surface area contributed by atoms with Gasteiger partial charge in [-0.1, -0.05) is 77.9 Å². The van der Waals surface area contributed by atoms with Crippen LogP contribution in [0.15, 0.2) is 152 Å². The van der Waals surface area contributed by atoms with Gasteiger partial charge in [0.15, 0.2) is 0 Å². The molecule has 0 saturated carbocycles. The van der Waals surface area contributed by atoms with Gasteiger partial charge >= 0.3 is 14.2 Å². The smallest absolute Gasteiger partial charge is 0.399 e. The summed E-state index contributed by atoms with van der Waals surface area (Å²) in [7, 11) is -0.890. The normalized spacial score (nSPS) is 17.1. The third-order valence-electron chi connectivity index (χ3n) is 14.8. The SMILES string of the molecule is Cc1ccc(N(c2ccc(B3OC(C)(C)C(C)(C)O3)cc2)c2ccc3c(c2)c2cc(N(c4ccc(B5OC(C)(C)C(C)(C)O5)cc4)c4ccc(C)cc4C)ccc2n3-c2ccccc2)c(C)c1. The Morgan fingerprint density at radius 1 is 0.388 bits per heavy atom. The molecule has 7 aromatic carbocycles. The molecule has 338 valence electrons. The molecule has 2 saturated heterocycles. The molecule has 0 radical (unpaired) electrons. The number of hydrogen-bond acceptors (Lipinski definition) is 6. The first-order valence-electron chi connectivity index (χ1n) is 23.6. The van der Waals surface area contributed by atoms with Gasteiger partial charge in [-0.05, 0) is 190 Å². The van der Waals surface area contributed by atoms with E-state index in [9.17, 15) is 0 Å². The van der Waals surface area contributed by atoms with Crippen molar-refractivity contribution in [2.75, 3.05) is 9.80 Å². The molecule has 0 spiro atoms. The summed E-state index contributed by atoms with van der Waals surface area (Å²) in [5, 5.41) is 2.30. The summed E-state index contributed by atoms with van der Waals surface area (Å²) < 4.78 is 28.2. The Morgan fingerprint density at radius 2 is 0.746 bits per heavy atom. The minimum absolute atomic E-state index is 0.425. The molecule has 3 heterocycles. The average molecular weight is 886 g/mol. The average Bonchev–Trinajstić information content (AvgIpc) is 3.82. The van der Waals surface area contributed by atoms with Crippen LogP contribution in [0.5, 0.6) is 0 Å². The summed E-state index contributed by atoms with van der Waals surface area (Å²) in [5.41, 5.74) is 14.9. The molecule has 10 rings (SSSR count). The van der Waals surface area contributed by atoms with E-state index < -0.39 is 36.6 Å². The summed E-state index contributed by atoms with van der Waals surface area (Å²) in [6, 6.07) is 55.2. The number of fused-ring (bicyclic) bond motifs is 3. The Kier molecular flexibility index (Phi) is 10.9. The molecular formula is C58H61B2N3O4. The first-order chi connectivity index (χ1) is 31.8. The minimum Gasteiger partial charge on any atom is -0.399 e. The van der Waals surface area contributed by atoms with Crippen LogP contribution in [0.2, 0.25) is 0 Å². The van der Waals surface area contributed by atoms with Crippen LogP contribution in [-0.4, -0.2) is 41.2 Å². The van der Waals surface area contributed by atoms with Crippen molar-refractivity contribution in [2.24, 2.45) is 0 Å².